The van der Waals surface area contributed by atoms with Gasteiger partial charge in [0.05, 0.1) is 17.3 Å². The van der Waals surface area contributed by atoms with E-state index in [1.165, 1.54) is 0 Å². The minimum Gasteiger partial charge on any atom is -0.308 e. The van der Waals surface area contributed by atoms with Crippen LogP contribution in [0.4, 0.5) is 5.69 Å². The Labute approximate surface area is 177 Å². The maximum atomic E-state index is 13.6. The van der Waals surface area contributed by atoms with Gasteiger partial charge in [0.1, 0.15) is 5.70 Å². The van der Waals surface area contributed by atoms with Crippen molar-refractivity contribution in [2.24, 2.45) is 4.99 Å². The topological polar surface area (TPSA) is 49.7 Å². The molecule has 1 unspecified atom stereocenters. The number of aryl methyl sites for hydroxylation is 1. The number of nitrogens with zero attached hydrogens (tertiary/aromatic N) is 2. The first-order valence-electron chi connectivity index (χ1n) is 9.77. The minimum absolute atomic E-state index is 0.122. The highest BCUT2D eigenvalue weighted by atomic mass is 32.2. The highest BCUT2D eigenvalue weighted by molar-refractivity contribution is 8.14. The predicted molar refractivity (Wildman–Crippen MR) is 118 cm³/mol. The SMILES string of the molecule is Cc1ccc(C2C3=C(N=C4Sc5ccccc5N42)C(=O)c2ccccc2C3=O)cc1. The first-order chi connectivity index (χ1) is 14.6. The van der Waals surface area contributed by atoms with Crippen LogP contribution in [0.2, 0.25) is 0 Å². The molecule has 0 radical (unpaired) electrons. The predicted octanol–water partition coefficient (Wildman–Crippen LogP) is 5.35. The van der Waals surface area contributed by atoms with Crippen molar-refractivity contribution in [3.05, 3.63) is 106 Å². The Morgan fingerprint density at radius 1 is 0.833 bits per heavy atom. The maximum Gasteiger partial charge on any atom is 0.212 e. The Morgan fingerprint density at radius 3 is 2.27 bits per heavy atom. The summed E-state index contributed by atoms with van der Waals surface area (Å²) in [6.45, 7) is 2.04. The van der Waals surface area contributed by atoms with Crippen molar-refractivity contribution >= 4 is 34.2 Å². The fourth-order valence-corrected chi connectivity index (χ4v) is 5.41. The van der Waals surface area contributed by atoms with Crippen LogP contribution < -0.4 is 4.90 Å². The summed E-state index contributed by atoms with van der Waals surface area (Å²) < 4.78 is 0. The lowest BCUT2D eigenvalue weighted by Gasteiger charge is -2.37. The Hall–Kier alpha value is -3.44. The molecule has 0 amide bonds. The number of allylic oxidation sites excluding steroid dienone is 1. The summed E-state index contributed by atoms with van der Waals surface area (Å²) >= 11 is 1.54. The molecular weight excluding hydrogens is 392 g/mol. The van der Waals surface area contributed by atoms with Crippen molar-refractivity contribution in [2.75, 3.05) is 4.90 Å². The number of fused-ring (bicyclic) bond motifs is 4. The van der Waals surface area contributed by atoms with Crippen LogP contribution in [0.1, 0.15) is 37.9 Å². The van der Waals surface area contributed by atoms with Gasteiger partial charge in [0.25, 0.3) is 0 Å². The quantitative estimate of drug-likeness (QED) is 0.545. The molecule has 3 aromatic rings. The van der Waals surface area contributed by atoms with Crippen molar-refractivity contribution in [3.63, 3.8) is 0 Å². The summed E-state index contributed by atoms with van der Waals surface area (Å²) in [6, 6.07) is 22.9. The van der Waals surface area contributed by atoms with Crippen molar-refractivity contribution in [3.8, 4) is 0 Å². The van der Waals surface area contributed by atoms with Crippen LogP contribution in [0.3, 0.4) is 0 Å². The molecule has 1 atom stereocenters. The maximum absolute atomic E-state index is 13.6. The third kappa shape index (κ3) is 2.33. The van der Waals surface area contributed by atoms with E-state index in [0.717, 1.165) is 26.9 Å². The first kappa shape index (κ1) is 17.4. The van der Waals surface area contributed by atoms with Gasteiger partial charge in [-0.2, -0.15) is 0 Å². The van der Waals surface area contributed by atoms with Crippen molar-refractivity contribution < 1.29 is 9.59 Å². The third-order valence-corrected chi connectivity index (χ3v) is 6.83. The van der Waals surface area contributed by atoms with Gasteiger partial charge in [0.2, 0.25) is 5.78 Å². The second kappa shape index (κ2) is 6.28. The van der Waals surface area contributed by atoms with E-state index < -0.39 is 6.04 Å². The van der Waals surface area contributed by atoms with Gasteiger partial charge in [0.15, 0.2) is 11.0 Å². The van der Waals surface area contributed by atoms with Gasteiger partial charge in [-0.25, -0.2) is 4.99 Å². The van der Waals surface area contributed by atoms with Crippen LogP contribution in [0.5, 0.6) is 0 Å². The molecule has 2 heterocycles. The molecule has 0 saturated carbocycles. The molecule has 30 heavy (non-hydrogen) atoms. The Bertz CT molecular complexity index is 1320. The lowest BCUT2D eigenvalue weighted by Crippen LogP contribution is -2.40. The molecule has 0 aromatic heterocycles. The molecule has 4 nitrogen and oxygen atoms in total. The van der Waals surface area contributed by atoms with Crippen LogP contribution in [0, 0.1) is 6.92 Å². The summed E-state index contributed by atoms with van der Waals surface area (Å²) in [5.74, 6) is -0.302. The number of hydrogen-bond acceptors (Lipinski definition) is 5. The molecule has 6 rings (SSSR count). The smallest absolute Gasteiger partial charge is 0.212 e. The summed E-state index contributed by atoms with van der Waals surface area (Å²) in [5, 5.41) is 0.737. The number of para-hydroxylation sites is 1. The normalized spacial score (nSPS) is 19.2. The van der Waals surface area contributed by atoms with Crippen LogP contribution in [0.15, 0.2) is 94.0 Å². The van der Waals surface area contributed by atoms with Crippen molar-refractivity contribution in [1.82, 2.24) is 0 Å². The number of aliphatic imine (C=N–C) groups is 1. The average molecular weight is 408 g/mol. The van der Waals surface area contributed by atoms with E-state index in [1.807, 2.05) is 55.5 Å². The molecule has 0 saturated heterocycles. The number of thioether (sulfide) groups is 1. The molecule has 0 spiro atoms. The van der Waals surface area contributed by atoms with Gasteiger partial charge < -0.3 is 4.90 Å². The molecule has 144 valence electrons. The van der Waals surface area contributed by atoms with E-state index >= 15 is 0 Å². The van der Waals surface area contributed by atoms with Gasteiger partial charge >= 0.3 is 0 Å². The monoisotopic (exact) mass is 408 g/mol. The molecule has 1 aliphatic carbocycles. The molecule has 3 aromatic carbocycles. The van der Waals surface area contributed by atoms with Gasteiger partial charge in [-0.1, -0.05) is 66.2 Å². The standard InChI is InChI=1S/C25H16N2O2S/c1-14-10-12-15(13-11-14)22-20-21(24(29)17-7-3-2-6-16(17)23(20)28)26-25-27(22)18-8-4-5-9-19(18)30-25/h2-13,22H,1H3. The van der Waals surface area contributed by atoms with Gasteiger partial charge in [-0.05, 0) is 36.4 Å². The van der Waals surface area contributed by atoms with E-state index in [-0.39, 0.29) is 17.3 Å². The van der Waals surface area contributed by atoms with Gasteiger partial charge in [-0.3, -0.25) is 9.59 Å². The second-order valence-electron chi connectivity index (χ2n) is 7.61. The summed E-state index contributed by atoms with van der Waals surface area (Å²) in [6.07, 6.45) is 0. The van der Waals surface area contributed by atoms with Crippen LogP contribution in [-0.4, -0.2) is 16.7 Å². The van der Waals surface area contributed by atoms with Crippen LogP contribution in [-0.2, 0) is 0 Å². The second-order valence-corrected chi connectivity index (χ2v) is 8.62. The van der Waals surface area contributed by atoms with E-state index in [9.17, 15) is 9.59 Å². The molecule has 0 N–H and O–H groups in total. The van der Waals surface area contributed by atoms with E-state index in [0.29, 0.717) is 16.7 Å². The zero-order valence-corrected chi connectivity index (χ0v) is 16.9. The number of Topliss-reactive ketones (excluding diaryl/α,β-unsaturated/α-hetero) is 2. The van der Waals surface area contributed by atoms with Crippen molar-refractivity contribution in [2.45, 2.75) is 17.9 Å². The number of rotatable bonds is 1. The number of carbonyl (C=O) groups excluding carboxylic acids is 2. The highest BCUT2D eigenvalue weighted by Crippen LogP contribution is 2.51. The number of amidine groups is 1. The lowest BCUT2D eigenvalue weighted by molar-refractivity contribution is 0.0967. The molecule has 0 fully saturated rings. The number of benzene rings is 3. The van der Waals surface area contributed by atoms with Crippen molar-refractivity contribution in [1.29, 1.82) is 0 Å². The average Bonchev–Trinajstić information content (AvgIpc) is 3.15. The Morgan fingerprint density at radius 2 is 1.50 bits per heavy atom. The minimum atomic E-state index is -0.394. The van der Waals surface area contributed by atoms with Crippen LogP contribution >= 0.6 is 11.8 Å². The fraction of sp³-hybridized carbons (Fsp3) is 0.0800. The molecule has 2 aliphatic heterocycles. The van der Waals surface area contributed by atoms with Gasteiger partial charge in [0, 0.05) is 16.0 Å². The third-order valence-electron chi connectivity index (χ3n) is 5.80. The lowest BCUT2D eigenvalue weighted by atomic mass is 9.80. The number of ketones is 2. The number of anilines is 1. The molecule has 5 heteroatoms. The summed E-state index contributed by atoms with van der Waals surface area (Å²) in [7, 11) is 0. The Kier molecular flexibility index (Phi) is 3.65. The zero-order valence-electron chi connectivity index (χ0n) is 16.1. The van der Waals surface area contributed by atoms with Gasteiger partial charge in [-0.15, -0.1) is 0 Å². The highest BCUT2D eigenvalue weighted by Gasteiger charge is 2.46. The van der Waals surface area contributed by atoms with E-state index in [2.05, 4.69) is 4.90 Å². The molecule has 0 bridgehead atoms. The number of carbonyl (C=O) groups is 2. The van der Waals surface area contributed by atoms with E-state index in [1.54, 1.807) is 36.0 Å². The molecule has 3 aliphatic rings. The van der Waals surface area contributed by atoms with Crippen LogP contribution in [0.25, 0.3) is 0 Å². The Balaban J connectivity index is 1.63. The van der Waals surface area contributed by atoms with E-state index in [4.69, 9.17) is 4.99 Å². The first-order valence-corrected chi connectivity index (χ1v) is 10.6. The molecular formula is C25H16N2O2S. The zero-order chi connectivity index (χ0) is 20.4. The fourth-order valence-electron chi connectivity index (χ4n) is 4.35. The summed E-state index contributed by atoms with van der Waals surface area (Å²) in [5.41, 5.74) is 4.75. The summed E-state index contributed by atoms with van der Waals surface area (Å²) in [4.78, 5) is 34.9. The number of hydrogen-bond donors (Lipinski definition) is 0. The largest absolute Gasteiger partial charge is 0.308 e.